The lowest BCUT2D eigenvalue weighted by Crippen LogP contribution is -2.16. The Balaban J connectivity index is 2.05. The molecule has 15 heavy (non-hydrogen) atoms. The highest BCUT2D eigenvalue weighted by molar-refractivity contribution is 4.68. The van der Waals surface area contributed by atoms with Gasteiger partial charge < -0.3 is 9.84 Å². The van der Waals surface area contributed by atoms with E-state index in [1.165, 1.54) is 0 Å². The van der Waals surface area contributed by atoms with Crippen molar-refractivity contribution in [2.75, 3.05) is 6.61 Å². The van der Waals surface area contributed by atoms with Gasteiger partial charge in [-0.25, -0.2) is 0 Å². The Bertz CT molecular complexity index is 176. The second-order valence-electron chi connectivity index (χ2n) is 4.02. The Morgan fingerprint density at radius 3 is 2.60 bits per heavy atom. The molecule has 0 aromatic rings. The molecule has 0 saturated carbocycles. The van der Waals surface area contributed by atoms with Crippen LogP contribution in [0.15, 0.2) is 0 Å². The second kappa shape index (κ2) is 5.70. The molecular formula is C10H17F3O2. The summed E-state index contributed by atoms with van der Waals surface area (Å²) in [5.74, 6) is 0. The van der Waals surface area contributed by atoms with Crippen LogP contribution in [0.3, 0.4) is 0 Å². The van der Waals surface area contributed by atoms with Gasteiger partial charge in [0.15, 0.2) is 0 Å². The van der Waals surface area contributed by atoms with Crippen molar-refractivity contribution in [2.24, 2.45) is 0 Å². The molecular weight excluding hydrogens is 209 g/mol. The first-order chi connectivity index (χ1) is 6.97. The molecule has 1 heterocycles. The Kier molecular flexibility index (Phi) is 4.86. The molecule has 0 radical (unpaired) electrons. The molecule has 0 aromatic heterocycles. The summed E-state index contributed by atoms with van der Waals surface area (Å²) in [4.78, 5) is 0. The van der Waals surface area contributed by atoms with E-state index >= 15 is 0 Å². The third-order valence-corrected chi connectivity index (χ3v) is 2.61. The number of hydrogen-bond acceptors (Lipinski definition) is 2. The van der Waals surface area contributed by atoms with Gasteiger partial charge in [-0.3, -0.25) is 0 Å². The van der Waals surface area contributed by atoms with Crippen LogP contribution in [0.25, 0.3) is 0 Å². The van der Waals surface area contributed by atoms with E-state index < -0.39 is 18.7 Å². The van der Waals surface area contributed by atoms with Gasteiger partial charge in [0, 0.05) is 13.0 Å². The van der Waals surface area contributed by atoms with Gasteiger partial charge in [-0.15, -0.1) is 0 Å². The van der Waals surface area contributed by atoms with E-state index in [4.69, 9.17) is 4.74 Å². The molecule has 1 aliphatic heterocycles. The minimum Gasteiger partial charge on any atom is -0.393 e. The van der Waals surface area contributed by atoms with Crippen LogP contribution in [0.1, 0.15) is 38.5 Å². The smallest absolute Gasteiger partial charge is 0.389 e. The number of ether oxygens (including phenoxy) is 1. The number of aliphatic hydroxyl groups excluding tert-OH is 1. The molecule has 5 heteroatoms. The largest absolute Gasteiger partial charge is 0.393 e. The summed E-state index contributed by atoms with van der Waals surface area (Å²) in [5, 5.41) is 9.32. The minimum atomic E-state index is -4.16. The van der Waals surface area contributed by atoms with Crippen LogP contribution in [-0.2, 0) is 4.74 Å². The van der Waals surface area contributed by atoms with Crippen molar-refractivity contribution in [1.82, 2.24) is 0 Å². The van der Waals surface area contributed by atoms with Crippen LogP contribution in [0.4, 0.5) is 13.2 Å². The quantitative estimate of drug-likeness (QED) is 0.780. The average molecular weight is 226 g/mol. The van der Waals surface area contributed by atoms with Crippen LogP contribution < -0.4 is 0 Å². The van der Waals surface area contributed by atoms with Crippen LogP contribution in [0, 0.1) is 0 Å². The van der Waals surface area contributed by atoms with Crippen LogP contribution in [0.2, 0.25) is 0 Å². The lowest BCUT2D eigenvalue weighted by molar-refractivity contribution is -0.140. The Labute approximate surface area is 87.4 Å². The third kappa shape index (κ3) is 5.99. The molecule has 1 saturated heterocycles. The first-order valence-corrected chi connectivity index (χ1v) is 5.34. The van der Waals surface area contributed by atoms with Crippen molar-refractivity contribution in [3.05, 3.63) is 0 Å². The zero-order valence-corrected chi connectivity index (χ0v) is 8.59. The van der Waals surface area contributed by atoms with E-state index in [0.717, 1.165) is 19.4 Å². The van der Waals surface area contributed by atoms with Crippen molar-refractivity contribution in [3.63, 3.8) is 0 Å². The lowest BCUT2D eigenvalue weighted by Gasteiger charge is -2.14. The minimum absolute atomic E-state index is 0.144. The summed E-state index contributed by atoms with van der Waals surface area (Å²) in [7, 11) is 0. The maximum atomic E-state index is 11.8. The molecule has 1 N–H and O–H groups in total. The van der Waals surface area contributed by atoms with E-state index in [9.17, 15) is 18.3 Å². The van der Waals surface area contributed by atoms with Gasteiger partial charge in [0.05, 0.1) is 12.2 Å². The molecule has 1 fully saturated rings. The van der Waals surface area contributed by atoms with E-state index in [2.05, 4.69) is 0 Å². The molecule has 0 aromatic carbocycles. The van der Waals surface area contributed by atoms with E-state index in [-0.39, 0.29) is 12.5 Å². The van der Waals surface area contributed by atoms with Crippen molar-refractivity contribution in [2.45, 2.75) is 56.9 Å². The van der Waals surface area contributed by atoms with Gasteiger partial charge in [0.2, 0.25) is 0 Å². The van der Waals surface area contributed by atoms with Crippen molar-refractivity contribution in [3.8, 4) is 0 Å². The van der Waals surface area contributed by atoms with Crippen LogP contribution in [-0.4, -0.2) is 30.1 Å². The van der Waals surface area contributed by atoms with E-state index in [0.29, 0.717) is 12.8 Å². The van der Waals surface area contributed by atoms with Gasteiger partial charge >= 0.3 is 6.18 Å². The van der Waals surface area contributed by atoms with Crippen molar-refractivity contribution < 1.29 is 23.0 Å². The normalized spacial score (nSPS) is 24.4. The summed E-state index contributed by atoms with van der Waals surface area (Å²) in [6.45, 7) is 0.739. The molecule has 2 unspecified atom stereocenters. The van der Waals surface area contributed by atoms with Gasteiger partial charge in [-0.05, 0) is 32.1 Å². The molecule has 2 nitrogen and oxygen atoms in total. The fourth-order valence-corrected chi connectivity index (χ4v) is 1.72. The number of rotatable bonds is 5. The molecule has 90 valence electrons. The van der Waals surface area contributed by atoms with Crippen LogP contribution >= 0.6 is 0 Å². The summed E-state index contributed by atoms with van der Waals surface area (Å²) >= 11 is 0. The molecule has 1 rings (SSSR count). The number of hydrogen-bond donors (Lipinski definition) is 1. The van der Waals surface area contributed by atoms with E-state index in [1.54, 1.807) is 0 Å². The average Bonchev–Trinajstić information content (AvgIpc) is 2.62. The topological polar surface area (TPSA) is 29.5 Å². The Hall–Kier alpha value is -0.290. The maximum absolute atomic E-state index is 11.8. The Morgan fingerprint density at radius 1 is 1.33 bits per heavy atom. The molecule has 1 aliphatic rings. The Morgan fingerprint density at radius 2 is 2.07 bits per heavy atom. The first-order valence-electron chi connectivity index (χ1n) is 5.34. The monoisotopic (exact) mass is 226 g/mol. The predicted octanol–water partition coefficient (Wildman–Crippen LogP) is 2.65. The molecule has 0 bridgehead atoms. The zero-order chi connectivity index (χ0) is 11.3. The molecule has 0 amide bonds. The second-order valence-corrected chi connectivity index (χ2v) is 4.02. The molecule has 2 atom stereocenters. The standard InChI is InChI=1S/C10H17F3O2/c11-10(12,13)6-5-8(14)3-4-9-2-1-7-15-9/h8-9,14H,1-7H2. The van der Waals surface area contributed by atoms with Gasteiger partial charge in [0.1, 0.15) is 0 Å². The predicted molar refractivity (Wildman–Crippen MR) is 49.5 cm³/mol. The SMILES string of the molecule is OC(CCC1CCCO1)CCC(F)(F)F. The molecule has 0 spiro atoms. The van der Waals surface area contributed by atoms with Gasteiger partial charge in [0.25, 0.3) is 0 Å². The summed E-state index contributed by atoms with van der Waals surface area (Å²) < 4.78 is 40.8. The number of halogens is 3. The lowest BCUT2D eigenvalue weighted by atomic mass is 10.0. The summed E-state index contributed by atoms with van der Waals surface area (Å²) in [6.07, 6.45) is -2.92. The number of aliphatic hydroxyl groups is 1. The highest BCUT2D eigenvalue weighted by Crippen LogP contribution is 2.24. The zero-order valence-electron chi connectivity index (χ0n) is 8.59. The number of alkyl halides is 3. The van der Waals surface area contributed by atoms with Gasteiger partial charge in [-0.2, -0.15) is 13.2 Å². The fourth-order valence-electron chi connectivity index (χ4n) is 1.72. The van der Waals surface area contributed by atoms with Gasteiger partial charge in [-0.1, -0.05) is 0 Å². The fraction of sp³-hybridized carbons (Fsp3) is 1.00. The van der Waals surface area contributed by atoms with E-state index in [1.807, 2.05) is 0 Å². The maximum Gasteiger partial charge on any atom is 0.389 e. The molecule has 0 aliphatic carbocycles. The van der Waals surface area contributed by atoms with Crippen molar-refractivity contribution >= 4 is 0 Å². The highest BCUT2D eigenvalue weighted by atomic mass is 19.4. The first kappa shape index (κ1) is 12.8. The van der Waals surface area contributed by atoms with Crippen molar-refractivity contribution in [1.29, 1.82) is 0 Å². The summed E-state index contributed by atoms with van der Waals surface area (Å²) in [5.41, 5.74) is 0. The van der Waals surface area contributed by atoms with Crippen LogP contribution in [0.5, 0.6) is 0 Å². The summed E-state index contributed by atoms with van der Waals surface area (Å²) in [6, 6.07) is 0. The third-order valence-electron chi connectivity index (χ3n) is 2.61. The highest BCUT2D eigenvalue weighted by Gasteiger charge is 2.28.